The average molecular weight is 313 g/mol. The molecular weight excluding hydrogens is 292 g/mol. The molecule has 0 amide bonds. The second-order valence-electron chi connectivity index (χ2n) is 4.50. The van der Waals surface area contributed by atoms with Crippen molar-refractivity contribution in [3.8, 4) is 0 Å². The van der Waals surface area contributed by atoms with E-state index in [0.717, 1.165) is 5.57 Å². The molecule has 1 aromatic carbocycles. The molecule has 116 valence electrons. The Bertz CT molecular complexity index is 553. The summed E-state index contributed by atoms with van der Waals surface area (Å²) < 4.78 is 36.6. The first-order chi connectivity index (χ1) is 9.92. The summed E-state index contributed by atoms with van der Waals surface area (Å²) in [5.41, 5.74) is 1.64. The third kappa shape index (κ3) is 5.20. The Morgan fingerprint density at radius 1 is 1.19 bits per heavy atom. The molecule has 0 unspecified atom stereocenters. The molecule has 0 fully saturated rings. The minimum absolute atomic E-state index is 0.187. The van der Waals surface area contributed by atoms with Crippen molar-refractivity contribution in [2.75, 3.05) is 13.2 Å². The maximum atomic E-state index is 13.1. The first-order valence-corrected chi connectivity index (χ1v) is 8.34. The van der Waals surface area contributed by atoms with Gasteiger partial charge in [-0.05, 0) is 52.0 Å². The molecule has 0 heterocycles. The van der Waals surface area contributed by atoms with Crippen LogP contribution >= 0.6 is 7.60 Å². The van der Waals surface area contributed by atoms with E-state index in [-0.39, 0.29) is 24.5 Å². The predicted octanol–water partition coefficient (Wildman–Crippen LogP) is 4.76. The maximum Gasteiger partial charge on any atom is 0.380 e. The second kappa shape index (κ2) is 8.23. The highest BCUT2D eigenvalue weighted by Gasteiger charge is 2.32. The van der Waals surface area contributed by atoms with Gasteiger partial charge in [0.05, 0.1) is 13.2 Å². The van der Waals surface area contributed by atoms with Crippen LogP contribution in [0.4, 0.5) is 4.39 Å². The van der Waals surface area contributed by atoms with Crippen LogP contribution in [0.25, 0.3) is 0 Å². The minimum Gasteiger partial charge on any atom is -0.304 e. The molecule has 0 N–H and O–H groups in total. The van der Waals surface area contributed by atoms with Crippen LogP contribution in [0.3, 0.4) is 0 Å². The molecule has 0 bridgehead atoms. The van der Waals surface area contributed by atoms with Crippen molar-refractivity contribution in [3.63, 3.8) is 0 Å². The van der Waals surface area contributed by atoms with Crippen LogP contribution in [0.2, 0.25) is 0 Å². The molecule has 0 aliphatic rings. The van der Waals surface area contributed by atoms with E-state index >= 15 is 0 Å². The first kappa shape index (κ1) is 17.8. The highest BCUT2D eigenvalue weighted by atomic mass is 31.2. The highest BCUT2D eigenvalue weighted by Crippen LogP contribution is 2.51. The van der Waals surface area contributed by atoms with E-state index in [4.69, 9.17) is 9.05 Å². The molecule has 1 aromatic rings. The fourth-order valence-electron chi connectivity index (χ4n) is 1.59. The quantitative estimate of drug-likeness (QED) is 0.538. The molecule has 21 heavy (non-hydrogen) atoms. The van der Waals surface area contributed by atoms with Crippen LogP contribution < -0.4 is 0 Å². The Kier molecular flexibility index (Phi) is 6.96. The van der Waals surface area contributed by atoms with E-state index in [2.05, 4.69) is 4.99 Å². The van der Waals surface area contributed by atoms with Crippen LogP contribution in [-0.4, -0.2) is 18.7 Å². The fraction of sp³-hybridized carbons (Fsp3) is 0.400. The van der Waals surface area contributed by atoms with Crippen molar-refractivity contribution < 1.29 is 18.0 Å². The van der Waals surface area contributed by atoms with Crippen molar-refractivity contribution in [2.24, 2.45) is 4.99 Å². The van der Waals surface area contributed by atoms with Crippen LogP contribution in [-0.2, 0) is 13.6 Å². The Hall–Kier alpha value is -1.29. The Labute approximate surface area is 125 Å². The first-order valence-electron chi connectivity index (χ1n) is 6.79. The van der Waals surface area contributed by atoms with Crippen molar-refractivity contribution in [1.29, 1.82) is 0 Å². The SMILES string of the molecule is CCOP(=O)(OCC)C(=NC=C(C)C)c1ccc(F)cc1. The normalized spacial score (nSPS) is 12.3. The van der Waals surface area contributed by atoms with Gasteiger partial charge in [-0.2, -0.15) is 0 Å². The summed E-state index contributed by atoms with van der Waals surface area (Å²) in [6.45, 7) is 7.67. The van der Waals surface area contributed by atoms with E-state index in [1.807, 2.05) is 13.8 Å². The molecule has 4 nitrogen and oxygen atoms in total. The number of hydrogen-bond acceptors (Lipinski definition) is 4. The van der Waals surface area contributed by atoms with Crippen molar-refractivity contribution >= 4 is 13.0 Å². The van der Waals surface area contributed by atoms with Gasteiger partial charge in [0.15, 0.2) is 5.45 Å². The molecular formula is C15H21FNO3P. The number of nitrogens with zero attached hydrogens (tertiary/aromatic N) is 1. The summed E-state index contributed by atoms with van der Waals surface area (Å²) in [7, 11) is -3.54. The number of halogens is 1. The van der Waals surface area contributed by atoms with Crippen LogP contribution in [0.1, 0.15) is 33.3 Å². The highest BCUT2D eigenvalue weighted by molar-refractivity contribution is 7.73. The number of benzene rings is 1. The molecule has 0 aliphatic carbocycles. The summed E-state index contributed by atoms with van der Waals surface area (Å²) in [4.78, 5) is 4.25. The second-order valence-corrected chi connectivity index (χ2v) is 6.43. The van der Waals surface area contributed by atoms with E-state index in [0.29, 0.717) is 5.56 Å². The number of rotatable bonds is 7. The molecule has 0 aromatic heterocycles. The van der Waals surface area contributed by atoms with Gasteiger partial charge in [0.25, 0.3) is 0 Å². The Morgan fingerprint density at radius 2 is 1.71 bits per heavy atom. The Morgan fingerprint density at radius 3 is 2.14 bits per heavy atom. The lowest BCUT2D eigenvalue weighted by atomic mass is 10.2. The van der Waals surface area contributed by atoms with Gasteiger partial charge < -0.3 is 9.05 Å². The van der Waals surface area contributed by atoms with Crippen molar-refractivity contribution in [2.45, 2.75) is 27.7 Å². The van der Waals surface area contributed by atoms with Gasteiger partial charge in [-0.1, -0.05) is 5.57 Å². The van der Waals surface area contributed by atoms with Gasteiger partial charge >= 0.3 is 7.60 Å². The minimum atomic E-state index is -3.54. The smallest absolute Gasteiger partial charge is 0.304 e. The van der Waals surface area contributed by atoms with Crippen LogP contribution in [0, 0.1) is 5.82 Å². The molecule has 0 saturated heterocycles. The summed E-state index contributed by atoms with van der Waals surface area (Å²) >= 11 is 0. The van der Waals surface area contributed by atoms with Gasteiger partial charge in [-0.25, -0.2) is 9.38 Å². The lowest BCUT2D eigenvalue weighted by Crippen LogP contribution is -2.09. The summed E-state index contributed by atoms with van der Waals surface area (Å²) in [5.74, 6) is -0.372. The average Bonchev–Trinajstić information content (AvgIpc) is 2.41. The molecule has 1 rings (SSSR count). The zero-order chi connectivity index (χ0) is 15.9. The molecule has 0 spiro atoms. The fourth-order valence-corrected chi connectivity index (χ4v) is 3.26. The van der Waals surface area contributed by atoms with Gasteiger partial charge in [-0.3, -0.25) is 4.57 Å². The lowest BCUT2D eigenvalue weighted by molar-refractivity contribution is 0.232. The topological polar surface area (TPSA) is 47.9 Å². The zero-order valence-corrected chi connectivity index (χ0v) is 13.7. The molecule has 0 aliphatic heterocycles. The monoisotopic (exact) mass is 313 g/mol. The van der Waals surface area contributed by atoms with E-state index in [9.17, 15) is 8.96 Å². The van der Waals surface area contributed by atoms with E-state index in [1.165, 1.54) is 24.3 Å². The maximum absolute atomic E-state index is 13.1. The zero-order valence-electron chi connectivity index (χ0n) is 12.8. The lowest BCUT2D eigenvalue weighted by Gasteiger charge is -2.18. The Balaban J connectivity index is 3.36. The van der Waals surface area contributed by atoms with Gasteiger partial charge in [-0.15, -0.1) is 0 Å². The number of allylic oxidation sites excluding steroid dienone is 1. The van der Waals surface area contributed by atoms with Crippen molar-refractivity contribution in [1.82, 2.24) is 0 Å². The largest absolute Gasteiger partial charge is 0.380 e. The van der Waals surface area contributed by atoms with Gasteiger partial charge in [0.2, 0.25) is 0 Å². The van der Waals surface area contributed by atoms with E-state index < -0.39 is 7.60 Å². The summed E-state index contributed by atoms with van der Waals surface area (Å²) in [5, 5.41) is 0. The molecule has 0 radical (unpaired) electrons. The van der Waals surface area contributed by atoms with Gasteiger partial charge in [0.1, 0.15) is 5.82 Å². The van der Waals surface area contributed by atoms with Crippen molar-refractivity contribution in [3.05, 3.63) is 47.4 Å². The molecule has 0 saturated carbocycles. The van der Waals surface area contributed by atoms with Crippen LogP contribution in [0.15, 0.2) is 41.0 Å². The third-order valence-corrected chi connectivity index (χ3v) is 4.49. The van der Waals surface area contributed by atoms with E-state index in [1.54, 1.807) is 20.0 Å². The van der Waals surface area contributed by atoms with Gasteiger partial charge in [0, 0.05) is 11.8 Å². The number of hydrogen-bond donors (Lipinski definition) is 0. The summed E-state index contributed by atoms with van der Waals surface area (Å²) in [6.07, 6.45) is 1.59. The molecule has 6 heteroatoms. The molecule has 0 atom stereocenters. The standard InChI is InChI=1S/C15H21FNO3P/c1-5-19-21(18,20-6-2)15(17-11-12(3)4)13-7-9-14(16)10-8-13/h7-11H,5-6H2,1-4H3. The summed E-state index contributed by atoms with van der Waals surface area (Å²) in [6, 6.07) is 5.60. The third-order valence-electron chi connectivity index (χ3n) is 2.40. The number of aliphatic imine (C=N–C) groups is 1. The predicted molar refractivity (Wildman–Crippen MR) is 83.2 cm³/mol. The van der Waals surface area contributed by atoms with Crippen LogP contribution in [0.5, 0.6) is 0 Å².